The molecule has 0 spiro atoms. The number of nitrogens with one attached hydrogen (secondary N) is 1. The van der Waals surface area contributed by atoms with E-state index >= 15 is 0 Å². The number of rotatable bonds is 4. The molecular weight excluding hydrogens is 297 g/mol. The van der Waals surface area contributed by atoms with Crippen molar-refractivity contribution >= 4 is 29.2 Å². The van der Waals surface area contributed by atoms with E-state index in [1.54, 1.807) is 12.1 Å². The van der Waals surface area contributed by atoms with Crippen molar-refractivity contribution in [3.05, 3.63) is 33.8 Å². The zero-order valence-corrected chi connectivity index (χ0v) is 12.5. The molecule has 3 rings (SSSR count). The van der Waals surface area contributed by atoms with E-state index in [0.29, 0.717) is 28.4 Å². The van der Waals surface area contributed by atoms with Crippen molar-refractivity contribution < 1.29 is 9.90 Å². The Labute approximate surface area is 128 Å². The second kappa shape index (κ2) is 5.55. The predicted molar refractivity (Wildman–Crippen MR) is 79.0 cm³/mol. The van der Waals surface area contributed by atoms with Crippen molar-refractivity contribution in [1.82, 2.24) is 5.32 Å². The van der Waals surface area contributed by atoms with Gasteiger partial charge in [-0.2, -0.15) is 0 Å². The highest BCUT2D eigenvalue weighted by Gasteiger charge is 2.50. The number of benzene rings is 1. The van der Waals surface area contributed by atoms with Gasteiger partial charge in [0.05, 0.1) is 5.92 Å². The average Bonchev–Trinajstić information content (AvgIpc) is 2.98. The van der Waals surface area contributed by atoms with Gasteiger partial charge in [-0.1, -0.05) is 29.3 Å². The van der Waals surface area contributed by atoms with E-state index < -0.39 is 5.97 Å². The molecule has 5 heteroatoms. The fraction of sp³-hybridized carbons (Fsp3) is 0.533. The molecular formula is C15H17Cl2NO2. The Morgan fingerprint density at radius 1 is 1.25 bits per heavy atom. The predicted octanol–water partition coefficient (Wildman–Crippen LogP) is 3.58. The summed E-state index contributed by atoms with van der Waals surface area (Å²) in [5.41, 5.74) is 0.850. The van der Waals surface area contributed by atoms with Gasteiger partial charge < -0.3 is 10.4 Å². The molecule has 108 valence electrons. The van der Waals surface area contributed by atoms with Crippen molar-refractivity contribution in [2.45, 2.75) is 31.8 Å². The minimum atomic E-state index is -0.681. The minimum Gasteiger partial charge on any atom is -0.481 e. The number of carboxylic acids is 1. The molecule has 1 aromatic carbocycles. The number of aliphatic carboxylic acids is 1. The molecule has 2 aliphatic rings. The number of carbonyl (C=O) groups is 1. The fourth-order valence-electron chi connectivity index (χ4n) is 3.86. The van der Waals surface area contributed by atoms with Crippen LogP contribution in [0.3, 0.4) is 0 Å². The molecule has 2 aliphatic carbocycles. The molecule has 1 aromatic rings. The van der Waals surface area contributed by atoms with Crippen LogP contribution in [0.1, 0.15) is 24.8 Å². The lowest BCUT2D eigenvalue weighted by Crippen LogP contribution is -2.43. The van der Waals surface area contributed by atoms with E-state index in [2.05, 4.69) is 5.32 Å². The zero-order chi connectivity index (χ0) is 14.3. The highest BCUT2D eigenvalue weighted by atomic mass is 35.5. The smallest absolute Gasteiger partial charge is 0.308 e. The largest absolute Gasteiger partial charge is 0.481 e. The summed E-state index contributed by atoms with van der Waals surface area (Å²) in [5.74, 6) is -0.144. The molecule has 0 aromatic heterocycles. The van der Waals surface area contributed by atoms with E-state index in [-0.39, 0.29) is 12.0 Å². The number of halogens is 2. The normalized spacial score (nSPS) is 31.7. The Hall–Kier alpha value is -0.770. The third-order valence-corrected chi connectivity index (χ3v) is 5.49. The lowest BCUT2D eigenvalue weighted by Gasteiger charge is -2.29. The monoisotopic (exact) mass is 313 g/mol. The Morgan fingerprint density at radius 3 is 2.55 bits per heavy atom. The van der Waals surface area contributed by atoms with Crippen LogP contribution in [-0.4, -0.2) is 17.1 Å². The van der Waals surface area contributed by atoms with Crippen LogP contribution in [0.2, 0.25) is 10.0 Å². The fourth-order valence-corrected chi connectivity index (χ4v) is 4.39. The van der Waals surface area contributed by atoms with Gasteiger partial charge in [0, 0.05) is 28.2 Å². The molecule has 0 amide bonds. The van der Waals surface area contributed by atoms with Crippen LogP contribution in [0.5, 0.6) is 0 Å². The maximum absolute atomic E-state index is 11.5. The van der Waals surface area contributed by atoms with Gasteiger partial charge in [-0.3, -0.25) is 4.79 Å². The summed E-state index contributed by atoms with van der Waals surface area (Å²) < 4.78 is 0. The molecule has 3 nitrogen and oxygen atoms in total. The van der Waals surface area contributed by atoms with Gasteiger partial charge in [-0.05, 0) is 43.2 Å². The van der Waals surface area contributed by atoms with E-state index in [1.807, 2.05) is 6.07 Å². The quantitative estimate of drug-likeness (QED) is 0.893. The topological polar surface area (TPSA) is 49.3 Å². The van der Waals surface area contributed by atoms with E-state index in [9.17, 15) is 9.90 Å². The lowest BCUT2D eigenvalue weighted by atomic mass is 9.84. The van der Waals surface area contributed by atoms with E-state index in [0.717, 1.165) is 24.8 Å². The Balaban J connectivity index is 1.73. The third kappa shape index (κ3) is 2.43. The van der Waals surface area contributed by atoms with Crippen LogP contribution in [0.15, 0.2) is 18.2 Å². The minimum absolute atomic E-state index is 0.0404. The molecule has 2 saturated carbocycles. The lowest BCUT2D eigenvalue weighted by molar-refractivity contribution is -0.144. The first kappa shape index (κ1) is 14.2. The maximum Gasteiger partial charge on any atom is 0.308 e. The number of hydrogen-bond donors (Lipinski definition) is 2. The van der Waals surface area contributed by atoms with E-state index in [4.69, 9.17) is 23.2 Å². The Kier molecular flexibility index (Phi) is 3.93. The second-order valence-corrected chi connectivity index (χ2v) is 6.62. The first-order chi connectivity index (χ1) is 9.58. The summed E-state index contributed by atoms with van der Waals surface area (Å²) in [6.45, 7) is 0.524. The molecule has 20 heavy (non-hydrogen) atoms. The van der Waals surface area contributed by atoms with Crippen molar-refractivity contribution in [1.29, 1.82) is 0 Å². The van der Waals surface area contributed by atoms with Gasteiger partial charge in [0.1, 0.15) is 0 Å². The van der Waals surface area contributed by atoms with Crippen molar-refractivity contribution in [2.24, 2.45) is 17.8 Å². The zero-order valence-electron chi connectivity index (χ0n) is 11.0. The first-order valence-electron chi connectivity index (χ1n) is 6.97. The van der Waals surface area contributed by atoms with Gasteiger partial charge in [-0.25, -0.2) is 0 Å². The Morgan fingerprint density at radius 2 is 1.90 bits per heavy atom. The molecule has 2 fully saturated rings. The Bertz CT molecular complexity index is 514. The molecule has 0 heterocycles. The van der Waals surface area contributed by atoms with Crippen molar-refractivity contribution in [2.75, 3.05) is 0 Å². The maximum atomic E-state index is 11.5. The standard InChI is InChI=1S/C15H17Cl2NO2/c16-11-2-1-3-12(17)10(11)7-18-14-9-5-4-8(6-9)13(14)15(19)20/h1-3,8-9,13-14,18H,4-7H2,(H,19,20). The summed E-state index contributed by atoms with van der Waals surface area (Å²) in [6, 6.07) is 5.46. The molecule has 2 bridgehead atoms. The second-order valence-electron chi connectivity index (χ2n) is 5.80. The molecule has 4 atom stereocenters. The van der Waals surface area contributed by atoms with Crippen molar-refractivity contribution in [3.8, 4) is 0 Å². The van der Waals surface area contributed by atoms with Crippen LogP contribution in [0, 0.1) is 17.8 Å². The SMILES string of the molecule is O=C(O)C1C2CCC(C2)C1NCc1c(Cl)cccc1Cl. The van der Waals surface area contributed by atoms with Crippen molar-refractivity contribution in [3.63, 3.8) is 0 Å². The summed E-state index contributed by atoms with van der Waals surface area (Å²) in [7, 11) is 0. The summed E-state index contributed by atoms with van der Waals surface area (Å²) in [5, 5.41) is 14.1. The first-order valence-corrected chi connectivity index (χ1v) is 7.72. The van der Waals surface area contributed by atoms with Crippen LogP contribution in [-0.2, 0) is 11.3 Å². The number of carboxylic acid groups (broad SMARTS) is 1. The third-order valence-electron chi connectivity index (χ3n) is 4.78. The van der Waals surface area contributed by atoms with Gasteiger partial charge in [0.15, 0.2) is 0 Å². The van der Waals surface area contributed by atoms with Crippen LogP contribution in [0.4, 0.5) is 0 Å². The highest BCUT2D eigenvalue weighted by Crippen LogP contribution is 2.48. The summed E-state index contributed by atoms with van der Waals surface area (Å²) in [6.07, 6.45) is 3.21. The van der Waals surface area contributed by atoms with Gasteiger partial charge in [0.25, 0.3) is 0 Å². The number of hydrogen-bond acceptors (Lipinski definition) is 2. The van der Waals surface area contributed by atoms with Crippen LogP contribution in [0.25, 0.3) is 0 Å². The van der Waals surface area contributed by atoms with Gasteiger partial charge >= 0.3 is 5.97 Å². The van der Waals surface area contributed by atoms with Gasteiger partial charge in [0.2, 0.25) is 0 Å². The summed E-state index contributed by atoms with van der Waals surface area (Å²) in [4.78, 5) is 11.5. The highest BCUT2D eigenvalue weighted by molar-refractivity contribution is 6.35. The molecule has 0 aliphatic heterocycles. The summed E-state index contributed by atoms with van der Waals surface area (Å²) >= 11 is 12.3. The number of fused-ring (bicyclic) bond motifs is 2. The van der Waals surface area contributed by atoms with Gasteiger partial charge in [-0.15, -0.1) is 0 Å². The van der Waals surface area contributed by atoms with Crippen LogP contribution >= 0.6 is 23.2 Å². The van der Waals surface area contributed by atoms with E-state index in [1.165, 1.54) is 0 Å². The van der Waals surface area contributed by atoms with Crippen LogP contribution < -0.4 is 5.32 Å². The molecule has 2 N–H and O–H groups in total. The molecule has 0 saturated heterocycles. The molecule has 0 radical (unpaired) electrons. The molecule has 4 unspecified atom stereocenters. The average molecular weight is 314 g/mol.